The molecule has 0 fully saturated rings. The Morgan fingerprint density at radius 1 is 1.40 bits per heavy atom. The lowest BCUT2D eigenvalue weighted by atomic mass is 10.0. The normalized spacial score (nSPS) is 12.3. The second-order valence-corrected chi connectivity index (χ2v) is 6.08. The average Bonchev–Trinajstić information content (AvgIpc) is 2.36. The molecule has 1 aromatic rings. The second kappa shape index (κ2) is 6.83. The fraction of sp³-hybridized carbons (Fsp3) is 0.500. The van der Waals surface area contributed by atoms with Crippen LogP contribution in [0.15, 0.2) is 22.7 Å². The van der Waals surface area contributed by atoms with Gasteiger partial charge in [-0.3, -0.25) is 14.9 Å². The molecular weight excluding hydrogens is 324 g/mol. The molecule has 0 heterocycles. The number of carbonyl (C=O) groups is 1. The highest BCUT2D eigenvalue weighted by Crippen LogP contribution is 2.29. The zero-order chi connectivity index (χ0) is 15.4. The third-order valence-corrected chi connectivity index (χ3v) is 4.03. The van der Waals surface area contributed by atoms with Crippen LogP contribution in [0.25, 0.3) is 0 Å². The summed E-state index contributed by atoms with van der Waals surface area (Å²) in [6.07, 6.45) is 0.884. The summed E-state index contributed by atoms with van der Waals surface area (Å²) < 4.78 is 0.235. The van der Waals surface area contributed by atoms with E-state index in [0.29, 0.717) is 11.5 Å². The summed E-state index contributed by atoms with van der Waals surface area (Å²) in [5.41, 5.74) is 0.220. The van der Waals surface area contributed by atoms with Crippen LogP contribution in [0.4, 0.5) is 5.69 Å². The van der Waals surface area contributed by atoms with Crippen LogP contribution in [0, 0.1) is 16.0 Å². The number of halogens is 1. The predicted octanol–water partition coefficient (Wildman–Crippen LogP) is 3.86. The van der Waals surface area contributed by atoms with Gasteiger partial charge in [-0.1, -0.05) is 19.9 Å². The number of hydrogen-bond acceptors (Lipinski definition) is 3. The summed E-state index contributed by atoms with van der Waals surface area (Å²) in [4.78, 5) is 24.5. The van der Waals surface area contributed by atoms with E-state index in [9.17, 15) is 14.9 Å². The standard InChI is InChI=1S/C14H19BrN2O3/c1-9(2)8-10(3)16(4)14(18)11-6-5-7-12(13(11)15)17(19)20/h5-7,9-10H,8H2,1-4H3. The van der Waals surface area contributed by atoms with E-state index in [4.69, 9.17) is 0 Å². The van der Waals surface area contributed by atoms with Crippen molar-refractivity contribution in [3.05, 3.63) is 38.3 Å². The predicted molar refractivity (Wildman–Crippen MR) is 81.8 cm³/mol. The molecule has 0 aliphatic carbocycles. The third kappa shape index (κ3) is 3.79. The van der Waals surface area contributed by atoms with E-state index in [1.165, 1.54) is 12.1 Å². The largest absolute Gasteiger partial charge is 0.339 e. The quantitative estimate of drug-likeness (QED) is 0.602. The molecule has 20 heavy (non-hydrogen) atoms. The molecule has 0 aliphatic rings. The first-order valence-corrected chi connectivity index (χ1v) is 7.25. The number of benzene rings is 1. The highest BCUT2D eigenvalue weighted by molar-refractivity contribution is 9.10. The van der Waals surface area contributed by atoms with Crippen molar-refractivity contribution in [1.82, 2.24) is 4.90 Å². The van der Waals surface area contributed by atoms with Crippen LogP contribution < -0.4 is 0 Å². The molecule has 0 bridgehead atoms. The summed E-state index contributed by atoms with van der Waals surface area (Å²) in [5.74, 6) is 0.266. The SMILES string of the molecule is CC(C)CC(C)N(C)C(=O)c1cccc([N+](=O)[O-])c1Br. The van der Waals surface area contributed by atoms with Gasteiger partial charge >= 0.3 is 0 Å². The first-order chi connectivity index (χ1) is 9.25. The molecule has 5 nitrogen and oxygen atoms in total. The molecule has 0 radical (unpaired) electrons. The van der Waals surface area contributed by atoms with Gasteiger partial charge in [0, 0.05) is 19.2 Å². The highest BCUT2D eigenvalue weighted by Gasteiger charge is 2.24. The van der Waals surface area contributed by atoms with Crippen LogP contribution >= 0.6 is 15.9 Å². The van der Waals surface area contributed by atoms with Crippen molar-refractivity contribution in [3.63, 3.8) is 0 Å². The van der Waals surface area contributed by atoms with Crippen molar-refractivity contribution in [2.24, 2.45) is 5.92 Å². The van der Waals surface area contributed by atoms with E-state index in [1.807, 2.05) is 6.92 Å². The highest BCUT2D eigenvalue weighted by atomic mass is 79.9. The van der Waals surface area contributed by atoms with E-state index < -0.39 is 4.92 Å². The molecule has 110 valence electrons. The molecular formula is C14H19BrN2O3. The van der Waals surface area contributed by atoms with Crippen molar-refractivity contribution in [2.45, 2.75) is 33.2 Å². The number of rotatable bonds is 5. The molecule has 0 aromatic heterocycles. The Hall–Kier alpha value is -1.43. The molecule has 1 amide bonds. The Labute approximate surface area is 127 Å². The van der Waals surface area contributed by atoms with E-state index >= 15 is 0 Å². The van der Waals surface area contributed by atoms with Gasteiger partial charge in [-0.2, -0.15) is 0 Å². The van der Waals surface area contributed by atoms with Gasteiger partial charge in [-0.05, 0) is 41.3 Å². The maximum absolute atomic E-state index is 12.4. The molecule has 0 saturated heterocycles. The van der Waals surface area contributed by atoms with E-state index in [1.54, 1.807) is 18.0 Å². The first-order valence-electron chi connectivity index (χ1n) is 6.45. The van der Waals surface area contributed by atoms with Crippen LogP contribution in [-0.4, -0.2) is 28.8 Å². The molecule has 0 saturated carbocycles. The lowest BCUT2D eigenvalue weighted by Gasteiger charge is -2.26. The van der Waals surface area contributed by atoms with Gasteiger partial charge in [0.05, 0.1) is 10.5 Å². The fourth-order valence-corrected chi connectivity index (χ4v) is 2.64. The van der Waals surface area contributed by atoms with Crippen LogP contribution in [0.1, 0.15) is 37.6 Å². The van der Waals surface area contributed by atoms with Crippen LogP contribution in [0.2, 0.25) is 0 Å². The molecule has 6 heteroatoms. The Bertz CT molecular complexity index is 517. The number of nitro groups is 1. The Morgan fingerprint density at radius 3 is 2.50 bits per heavy atom. The minimum absolute atomic E-state index is 0.0775. The van der Waals surface area contributed by atoms with E-state index in [2.05, 4.69) is 29.8 Å². The minimum atomic E-state index is -0.502. The fourth-order valence-electron chi connectivity index (χ4n) is 2.06. The van der Waals surface area contributed by atoms with Crippen LogP contribution in [-0.2, 0) is 0 Å². The van der Waals surface area contributed by atoms with Gasteiger partial charge in [0.25, 0.3) is 11.6 Å². The monoisotopic (exact) mass is 342 g/mol. The molecule has 1 atom stereocenters. The van der Waals surface area contributed by atoms with Gasteiger partial charge in [0.15, 0.2) is 0 Å². The molecule has 1 unspecified atom stereocenters. The first kappa shape index (κ1) is 16.6. The molecule has 1 aromatic carbocycles. The van der Waals surface area contributed by atoms with Crippen molar-refractivity contribution in [2.75, 3.05) is 7.05 Å². The maximum Gasteiger partial charge on any atom is 0.284 e. The van der Waals surface area contributed by atoms with Gasteiger partial charge < -0.3 is 4.90 Å². The van der Waals surface area contributed by atoms with Crippen LogP contribution in [0.5, 0.6) is 0 Å². The Kier molecular flexibility index (Phi) is 5.68. The van der Waals surface area contributed by atoms with Gasteiger partial charge in [0.2, 0.25) is 0 Å². The van der Waals surface area contributed by atoms with Gasteiger partial charge in [0.1, 0.15) is 4.47 Å². The number of hydrogen-bond donors (Lipinski definition) is 0. The Balaban J connectivity index is 3.03. The van der Waals surface area contributed by atoms with Gasteiger partial charge in [-0.15, -0.1) is 0 Å². The van der Waals surface area contributed by atoms with Crippen molar-refractivity contribution < 1.29 is 9.72 Å². The number of nitrogens with zero attached hydrogens (tertiary/aromatic N) is 2. The average molecular weight is 343 g/mol. The molecule has 0 spiro atoms. The summed E-state index contributed by atoms with van der Waals surface area (Å²) in [6, 6.07) is 4.57. The Morgan fingerprint density at radius 2 is 2.00 bits per heavy atom. The molecule has 1 rings (SSSR count). The minimum Gasteiger partial charge on any atom is -0.339 e. The van der Waals surface area contributed by atoms with Crippen molar-refractivity contribution in [1.29, 1.82) is 0 Å². The smallest absolute Gasteiger partial charge is 0.284 e. The second-order valence-electron chi connectivity index (χ2n) is 5.29. The molecule has 0 N–H and O–H groups in total. The zero-order valence-electron chi connectivity index (χ0n) is 12.1. The summed E-state index contributed by atoms with van der Waals surface area (Å²) in [5, 5.41) is 10.9. The van der Waals surface area contributed by atoms with E-state index in [0.717, 1.165) is 6.42 Å². The van der Waals surface area contributed by atoms with Crippen molar-refractivity contribution in [3.8, 4) is 0 Å². The lowest BCUT2D eigenvalue weighted by molar-refractivity contribution is -0.385. The summed E-state index contributed by atoms with van der Waals surface area (Å²) >= 11 is 3.16. The topological polar surface area (TPSA) is 63.5 Å². The lowest BCUT2D eigenvalue weighted by Crippen LogP contribution is -2.36. The number of carbonyl (C=O) groups excluding carboxylic acids is 1. The van der Waals surface area contributed by atoms with Crippen LogP contribution in [0.3, 0.4) is 0 Å². The van der Waals surface area contributed by atoms with E-state index in [-0.39, 0.29) is 22.1 Å². The number of amides is 1. The number of nitro benzene ring substituents is 1. The summed E-state index contributed by atoms with van der Waals surface area (Å²) in [7, 11) is 1.72. The van der Waals surface area contributed by atoms with Crippen molar-refractivity contribution >= 4 is 27.5 Å². The zero-order valence-corrected chi connectivity index (χ0v) is 13.7. The third-order valence-electron chi connectivity index (χ3n) is 3.20. The maximum atomic E-state index is 12.4. The molecule has 0 aliphatic heterocycles. The van der Waals surface area contributed by atoms with Gasteiger partial charge in [-0.25, -0.2) is 0 Å². The summed E-state index contributed by atoms with van der Waals surface area (Å²) in [6.45, 7) is 6.17.